The van der Waals surface area contributed by atoms with Gasteiger partial charge in [0, 0.05) is 0 Å². The minimum Gasteiger partial charge on any atom is -0.371 e. The van der Waals surface area contributed by atoms with Crippen molar-refractivity contribution < 1.29 is 9.53 Å². The average molecular weight is 141 g/mol. The predicted octanol–water partition coefficient (Wildman–Crippen LogP) is 0.104. The lowest BCUT2D eigenvalue weighted by atomic mass is 10.1. The van der Waals surface area contributed by atoms with Gasteiger partial charge < -0.3 is 10.5 Å². The van der Waals surface area contributed by atoms with Crippen molar-refractivity contribution >= 4 is 5.97 Å². The van der Waals surface area contributed by atoms with E-state index in [0.29, 0.717) is 0 Å². The number of esters is 1. The van der Waals surface area contributed by atoms with Gasteiger partial charge in [0.1, 0.15) is 12.1 Å². The molecular weight excluding hydrogens is 130 g/mol. The van der Waals surface area contributed by atoms with Gasteiger partial charge in [-0.25, -0.2) is 4.79 Å². The number of ether oxygens (including phenoxy) is 1. The van der Waals surface area contributed by atoms with Gasteiger partial charge in [0.25, 0.3) is 0 Å². The molecule has 0 heterocycles. The van der Waals surface area contributed by atoms with Gasteiger partial charge in [-0.2, -0.15) is 0 Å². The molecule has 1 unspecified atom stereocenters. The Labute approximate surface area is 60.5 Å². The first kappa shape index (κ1) is 8.99. The molecule has 0 aromatic carbocycles. The number of hydrogen-bond acceptors (Lipinski definition) is 3. The standard InChI is InChI=1S/C7H11NO2/c1-4-10-7(9)6(8)5(2)3/h1,5-6H,8H2,2-3H3. The highest BCUT2D eigenvalue weighted by Crippen LogP contribution is 1.99. The minimum absolute atomic E-state index is 0.0563. The lowest BCUT2D eigenvalue weighted by Crippen LogP contribution is -2.36. The lowest BCUT2D eigenvalue weighted by molar-refractivity contribution is -0.139. The summed E-state index contributed by atoms with van der Waals surface area (Å²) in [5.74, 6) is -0.488. The van der Waals surface area contributed by atoms with Gasteiger partial charge in [-0.05, 0) is 5.92 Å². The van der Waals surface area contributed by atoms with E-state index >= 15 is 0 Å². The Bertz CT molecular complexity index is 157. The van der Waals surface area contributed by atoms with Crippen LogP contribution >= 0.6 is 0 Å². The Hall–Kier alpha value is -1.01. The van der Waals surface area contributed by atoms with Crippen LogP contribution in [0.25, 0.3) is 0 Å². The first-order valence-corrected chi connectivity index (χ1v) is 3.01. The Morgan fingerprint density at radius 3 is 2.50 bits per heavy atom. The fourth-order valence-corrected chi connectivity index (χ4v) is 0.398. The first-order chi connectivity index (χ1) is 4.59. The molecule has 1 atom stereocenters. The summed E-state index contributed by atoms with van der Waals surface area (Å²) in [6.07, 6.45) is 6.49. The van der Waals surface area contributed by atoms with Crippen LogP contribution in [-0.4, -0.2) is 12.0 Å². The van der Waals surface area contributed by atoms with Gasteiger partial charge in [0.2, 0.25) is 0 Å². The summed E-state index contributed by atoms with van der Waals surface area (Å²) in [6.45, 7) is 3.64. The van der Waals surface area contributed by atoms with Crippen molar-refractivity contribution in [1.29, 1.82) is 0 Å². The van der Waals surface area contributed by atoms with E-state index in [1.165, 1.54) is 0 Å². The van der Waals surface area contributed by atoms with Crippen molar-refractivity contribution in [3.8, 4) is 12.5 Å². The topological polar surface area (TPSA) is 52.3 Å². The minimum atomic E-state index is -0.615. The van der Waals surface area contributed by atoms with Crippen LogP contribution in [-0.2, 0) is 9.53 Å². The number of nitrogens with two attached hydrogens (primary N) is 1. The summed E-state index contributed by atoms with van der Waals surface area (Å²) >= 11 is 0. The third-order valence-corrected chi connectivity index (χ3v) is 1.15. The third kappa shape index (κ3) is 2.51. The molecular formula is C7H11NO2. The summed E-state index contributed by atoms with van der Waals surface area (Å²) < 4.78 is 4.23. The lowest BCUT2D eigenvalue weighted by Gasteiger charge is -2.10. The summed E-state index contributed by atoms with van der Waals surface area (Å²) in [6, 6.07) is -0.615. The molecule has 56 valence electrons. The van der Waals surface area contributed by atoms with E-state index in [-0.39, 0.29) is 5.92 Å². The van der Waals surface area contributed by atoms with Crippen LogP contribution < -0.4 is 5.73 Å². The van der Waals surface area contributed by atoms with Crippen molar-refractivity contribution in [3.63, 3.8) is 0 Å². The number of carbonyl (C=O) groups excluding carboxylic acids is 1. The summed E-state index contributed by atoms with van der Waals surface area (Å²) in [5.41, 5.74) is 5.38. The highest BCUT2D eigenvalue weighted by atomic mass is 16.5. The smallest absolute Gasteiger partial charge is 0.337 e. The van der Waals surface area contributed by atoms with Gasteiger partial charge in [0.15, 0.2) is 0 Å². The maximum atomic E-state index is 10.7. The van der Waals surface area contributed by atoms with Crippen LogP contribution in [0.5, 0.6) is 0 Å². The fourth-order valence-electron chi connectivity index (χ4n) is 0.398. The molecule has 0 spiro atoms. The Kier molecular flexibility index (Phi) is 3.52. The molecule has 0 saturated carbocycles. The summed E-state index contributed by atoms with van der Waals surface area (Å²) in [7, 11) is 0. The Morgan fingerprint density at radius 2 is 2.20 bits per heavy atom. The Balaban J connectivity index is 3.85. The second kappa shape index (κ2) is 3.91. The van der Waals surface area contributed by atoms with Crippen molar-refractivity contribution in [2.75, 3.05) is 0 Å². The monoisotopic (exact) mass is 141 g/mol. The molecule has 0 amide bonds. The molecule has 0 aromatic heterocycles. The number of carbonyl (C=O) groups is 1. The van der Waals surface area contributed by atoms with E-state index < -0.39 is 12.0 Å². The molecule has 0 aliphatic rings. The van der Waals surface area contributed by atoms with Crippen molar-refractivity contribution in [3.05, 3.63) is 0 Å². The van der Waals surface area contributed by atoms with E-state index in [1.807, 2.05) is 13.8 Å². The molecule has 0 radical (unpaired) electrons. The van der Waals surface area contributed by atoms with Crippen LogP contribution in [0.15, 0.2) is 0 Å². The highest BCUT2D eigenvalue weighted by molar-refractivity contribution is 5.76. The van der Waals surface area contributed by atoms with E-state index in [0.717, 1.165) is 0 Å². The quantitative estimate of drug-likeness (QED) is 0.438. The molecule has 0 saturated heterocycles. The summed E-state index contributed by atoms with van der Waals surface area (Å²) in [4.78, 5) is 10.7. The molecule has 3 nitrogen and oxygen atoms in total. The van der Waals surface area contributed by atoms with Crippen LogP contribution in [0.2, 0.25) is 0 Å². The normalized spacial score (nSPS) is 12.3. The second-order valence-electron chi connectivity index (χ2n) is 2.31. The maximum Gasteiger partial charge on any atom is 0.337 e. The van der Waals surface area contributed by atoms with E-state index in [2.05, 4.69) is 4.74 Å². The summed E-state index contributed by atoms with van der Waals surface area (Å²) in [5, 5.41) is 0. The zero-order valence-electron chi connectivity index (χ0n) is 6.13. The molecule has 2 N–H and O–H groups in total. The van der Waals surface area contributed by atoms with E-state index in [9.17, 15) is 4.79 Å². The molecule has 10 heavy (non-hydrogen) atoms. The highest BCUT2D eigenvalue weighted by Gasteiger charge is 2.17. The van der Waals surface area contributed by atoms with Gasteiger partial charge in [-0.1, -0.05) is 20.3 Å². The SMILES string of the molecule is C#COC(=O)C(N)C(C)C. The predicted molar refractivity (Wildman–Crippen MR) is 37.7 cm³/mol. The Morgan fingerprint density at radius 1 is 1.70 bits per heavy atom. The van der Waals surface area contributed by atoms with Crippen LogP contribution in [0, 0.1) is 18.4 Å². The van der Waals surface area contributed by atoms with Crippen LogP contribution in [0.3, 0.4) is 0 Å². The molecule has 3 heteroatoms. The maximum absolute atomic E-state index is 10.7. The molecule has 0 aliphatic heterocycles. The largest absolute Gasteiger partial charge is 0.371 e. The molecule has 0 bridgehead atoms. The third-order valence-electron chi connectivity index (χ3n) is 1.15. The zero-order chi connectivity index (χ0) is 8.15. The van der Waals surface area contributed by atoms with Gasteiger partial charge in [-0.15, -0.1) is 0 Å². The van der Waals surface area contributed by atoms with Crippen molar-refractivity contribution in [2.24, 2.45) is 11.7 Å². The number of hydrogen-bond donors (Lipinski definition) is 1. The van der Waals surface area contributed by atoms with Crippen LogP contribution in [0.4, 0.5) is 0 Å². The van der Waals surface area contributed by atoms with Crippen LogP contribution in [0.1, 0.15) is 13.8 Å². The van der Waals surface area contributed by atoms with E-state index in [4.69, 9.17) is 12.2 Å². The van der Waals surface area contributed by atoms with E-state index in [1.54, 1.807) is 6.11 Å². The van der Waals surface area contributed by atoms with Crippen molar-refractivity contribution in [1.82, 2.24) is 0 Å². The molecule has 0 fully saturated rings. The molecule has 0 rings (SSSR count). The average Bonchev–Trinajstić information content (AvgIpc) is 1.87. The van der Waals surface area contributed by atoms with Crippen molar-refractivity contribution in [2.45, 2.75) is 19.9 Å². The molecule has 0 aliphatic carbocycles. The van der Waals surface area contributed by atoms with Gasteiger partial charge in [-0.3, -0.25) is 0 Å². The second-order valence-corrected chi connectivity index (χ2v) is 2.31. The van der Waals surface area contributed by atoms with Gasteiger partial charge >= 0.3 is 5.97 Å². The first-order valence-electron chi connectivity index (χ1n) is 3.01. The number of terminal acetylenes is 1. The number of rotatable bonds is 2. The van der Waals surface area contributed by atoms with Gasteiger partial charge in [0.05, 0.1) is 0 Å². The fraction of sp³-hybridized carbons (Fsp3) is 0.571. The molecule has 0 aromatic rings. The zero-order valence-corrected chi connectivity index (χ0v) is 6.13.